The summed E-state index contributed by atoms with van der Waals surface area (Å²) >= 11 is 0. The summed E-state index contributed by atoms with van der Waals surface area (Å²) in [5, 5.41) is 5.38. The number of hydrogen-bond acceptors (Lipinski definition) is 3. The number of hydrogen-bond donors (Lipinski definition) is 2. The number of alkyl halides is 3. The highest BCUT2D eigenvalue weighted by Gasteiger charge is 2.49. The van der Waals surface area contributed by atoms with Crippen LogP contribution in [0.5, 0.6) is 0 Å². The Balaban J connectivity index is 1.37. The molecule has 212 valence electrons. The maximum atomic E-state index is 13.6. The molecule has 2 aromatic carbocycles. The van der Waals surface area contributed by atoms with Crippen molar-refractivity contribution in [2.24, 2.45) is 0 Å². The minimum absolute atomic E-state index is 0.146. The van der Waals surface area contributed by atoms with Gasteiger partial charge < -0.3 is 15.5 Å². The molecule has 1 heterocycles. The summed E-state index contributed by atoms with van der Waals surface area (Å²) in [5.74, 6) is -0.444. The van der Waals surface area contributed by atoms with E-state index in [9.17, 15) is 22.8 Å². The van der Waals surface area contributed by atoms with E-state index >= 15 is 0 Å². The number of unbranched alkanes of at least 4 members (excludes halogenated alkanes) is 3. The van der Waals surface area contributed by atoms with Gasteiger partial charge in [0.15, 0.2) is 0 Å². The third kappa shape index (κ3) is 7.02. The quantitative estimate of drug-likeness (QED) is 0.325. The number of carbonyl (C=O) groups excluding carboxylic acids is 2. The molecule has 8 heteroatoms. The molecular formula is C31H40F3N3O2. The van der Waals surface area contributed by atoms with Gasteiger partial charge in [-0.2, -0.15) is 13.2 Å². The molecule has 2 aromatic rings. The van der Waals surface area contributed by atoms with Gasteiger partial charge in [0.2, 0.25) is 11.8 Å². The van der Waals surface area contributed by atoms with Crippen LogP contribution in [0.15, 0.2) is 48.5 Å². The monoisotopic (exact) mass is 543 g/mol. The maximum Gasteiger partial charge on any atom is 0.405 e. The second kappa shape index (κ2) is 13.0. The SMILES string of the molecule is CCCCCC(=O)NC1CCN(CCCCC2(C(=O)NCC(F)(F)F)c3ccccc3-c3ccccc32)CC1. The molecule has 1 aliphatic heterocycles. The molecule has 0 aromatic heterocycles. The zero-order chi connectivity index (χ0) is 27.9. The van der Waals surface area contributed by atoms with Crippen LogP contribution in [0.25, 0.3) is 11.1 Å². The molecule has 0 unspecified atom stereocenters. The van der Waals surface area contributed by atoms with Gasteiger partial charge in [0.1, 0.15) is 12.0 Å². The Hall–Kier alpha value is -2.87. The summed E-state index contributed by atoms with van der Waals surface area (Å²) in [4.78, 5) is 28.1. The van der Waals surface area contributed by atoms with Crippen molar-refractivity contribution < 1.29 is 22.8 Å². The number of likely N-dealkylation sites (tertiary alicyclic amines) is 1. The Kier molecular flexibility index (Phi) is 9.70. The van der Waals surface area contributed by atoms with Gasteiger partial charge in [-0.25, -0.2) is 0 Å². The van der Waals surface area contributed by atoms with E-state index in [-0.39, 0.29) is 11.9 Å². The van der Waals surface area contributed by atoms with E-state index in [0.29, 0.717) is 19.3 Å². The van der Waals surface area contributed by atoms with Gasteiger partial charge in [0.05, 0.1) is 0 Å². The summed E-state index contributed by atoms with van der Waals surface area (Å²) in [5.41, 5.74) is 2.24. The first-order valence-corrected chi connectivity index (χ1v) is 14.3. The van der Waals surface area contributed by atoms with Gasteiger partial charge in [-0.1, -0.05) is 74.7 Å². The number of amides is 2. The fourth-order valence-electron chi connectivity index (χ4n) is 6.15. The number of benzene rings is 2. The van der Waals surface area contributed by atoms with Crippen LogP contribution in [-0.4, -0.2) is 55.1 Å². The third-order valence-corrected chi connectivity index (χ3v) is 8.14. The largest absolute Gasteiger partial charge is 0.405 e. The zero-order valence-electron chi connectivity index (χ0n) is 22.8. The molecule has 4 rings (SSSR count). The van der Waals surface area contributed by atoms with Gasteiger partial charge in [-0.05, 0) is 60.9 Å². The van der Waals surface area contributed by atoms with E-state index in [1.807, 2.05) is 48.5 Å². The lowest BCUT2D eigenvalue weighted by molar-refractivity contribution is -0.141. The fourth-order valence-corrected chi connectivity index (χ4v) is 6.15. The summed E-state index contributed by atoms with van der Waals surface area (Å²) in [6.07, 6.45) is 3.06. The smallest absolute Gasteiger partial charge is 0.353 e. The van der Waals surface area contributed by atoms with Gasteiger partial charge in [-0.3, -0.25) is 9.59 Å². The highest BCUT2D eigenvalue weighted by molar-refractivity contribution is 6.00. The average molecular weight is 544 g/mol. The molecule has 2 aliphatic rings. The molecule has 2 amide bonds. The minimum atomic E-state index is -4.48. The lowest BCUT2D eigenvalue weighted by Crippen LogP contribution is -2.47. The topological polar surface area (TPSA) is 61.4 Å². The second-order valence-electron chi connectivity index (χ2n) is 10.9. The maximum absolute atomic E-state index is 13.6. The van der Waals surface area contributed by atoms with E-state index in [4.69, 9.17) is 0 Å². The van der Waals surface area contributed by atoms with Crippen molar-refractivity contribution in [2.75, 3.05) is 26.2 Å². The molecule has 1 saturated heterocycles. The zero-order valence-corrected chi connectivity index (χ0v) is 22.8. The summed E-state index contributed by atoms with van der Waals surface area (Å²) in [7, 11) is 0. The number of fused-ring (bicyclic) bond motifs is 3. The Morgan fingerprint density at radius 1 is 0.923 bits per heavy atom. The number of nitrogens with one attached hydrogen (secondary N) is 2. The molecular weight excluding hydrogens is 503 g/mol. The molecule has 1 fully saturated rings. The first-order chi connectivity index (χ1) is 18.7. The molecule has 39 heavy (non-hydrogen) atoms. The van der Waals surface area contributed by atoms with Crippen molar-refractivity contribution in [1.82, 2.24) is 15.5 Å². The van der Waals surface area contributed by atoms with Crippen LogP contribution < -0.4 is 10.6 Å². The Labute approximate surface area is 229 Å². The molecule has 0 atom stereocenters. The van der Waals surface area contributed by atoms with Gasteiger partial charge in [0, 0.05) is 25.6 Å². The van der Waals surface area contributed by atoms with Crippen molar-refractivity contribution in [3.05, 3.63) is 59.7 Å². The number of nitrogens with zero attached hydrogens (tertiary/aromatic N) is 1. The van der Waals surface area contributed by atoms with Gasteiger partial charge in [-0.15, -0.1) is 0 Å². The number of piperidine rings is 1. The van der Waals surface area contributed by atoms with Gasteiger partial charge in [0.25, 0.3) is 0 Å². The molecule has 1 aliphatic carbocycles. The molecule has 0 radical (unpaired) electrons. The van der Waals surface area contributed by atoms with Crippen LogP contribution in [0.1, 0.15) is 75.8 Å². The van der Waals surface area contributed by atoms with Crippen LogP contribution in [-0.2, 0) is 15.0 Å². The second-order valence-corrected chi connectivity index (χ2v) is 10.9. The van der Waals surface area contributed by atoms with Crippen molar-refractivity contribution >= 4 is 11.8 Å². The number of carbonyl (C=O) groups is 2. The van der Waals surface area contributed by atoms with Crippen molar-refractivity contribution in [2.45, 2.75) is 82.3 Å². The van der Waals surface area contributed by atoms with Crippen LogP contribution in [0, 0.1) is 0 Å². The standard InChI is InChI=1S/C31H40F3N3O2/c1-2-3-4-15-28(38)36-23-16-20-37(21-17-23)19-10-9-18-30(29(39)35-22-31(32,33)34)26-13-7-5-11-24(26)25-12-6-8-14-27(25)30/h5-8,11-14,23H,2-4,9-10,15-22H2,1H3,(H,35,39)(H,36,38). The normalized spacial score (nSPS) is 16.9. The third-order valence-electron chi connectivity index (χ3n) is 8.14. The van der Waals surface area contributed by atoms with Crippen molar-refractivity contribution in [3.8, 4) is 11.1 Å². The van der Waals surface area contributed by atoms with Crippen LogP contribution in [0.4, 0.5) is 13.2 Å². The molecule has 0 bridgehead atoms. The van der Waals surface area contributed by atoms with E-state index < -0.39 is 24.0 Å². The Morgan fingerprint density at radius 2 is 1.54 bits per heavy atom. The van der Waals surface area contributed by atoms with Crippen molar-refractivity contribution in [1.29, 1.82) is 0 Å². The molecule has 0 spiro atoms. The highest BCUT2D eigenvalue weighted by atomic mass is 19.4. The fraction of sp³-hybridized carbons (Fsp3) is 0.548. The highest BCUT2D eigenvalue weighted by Crippen LogP contribution is 2.51. The van der Waals surface area contributed by atoms with E-state index in [1.165, 1.54) is 0 Å². The average Bonchev–Trinajstić information content (AvgIpc) is 3.21. The lowest BCUT2D eigenvalue weighted by atomic mass is 9.73. The molecule has 5 nitrogen and oxygen atoms in total. The minimum Gasteiger partial charge on any atom is -0.353 e. The summed E-state index contributed by atoms with van der Waals surface area (Å²) in [6.45, 7) is 3.45. The Morgan fingerprint density at radius 3 is 2.13 bits per heavy atom. The lowest BCUT2D eigenvalue weighted by Gasteiger charge is -2.33. The first-order valence-electron chi connectivity index (χ1n) is 14.3. The van der Waals surface area contributed by atoms with E-state index in [1.54, 1.807) is 0 Å². The number of rotatable bonds is 12. The van der Waals surface area contributed by atoms with E-state index in [2.05, 4.69) is 22.5 Å². The first kappa shape index (κ1) is 29.1. The van der Waals surface area contributed by atoms with E-state index in [0.717, 1.165) is 80.4 Å². The predicted molar refractivity (Wildman–Crippen MR) is 147 cm³/mol. The van der Waals surface area contributed by atoms with Crippen molar-refractivity contribution in [3.63, 3.8) is 0 Å². The van der Waals surface area contributed by atoms with Crippen LogP contribution in [0.2, 0.25) is 0 Å². The predicted octanol–water partition coefficient (Wildman–Crippen LogP) is 5.96. The van der Waals surface area contributed by atoms with Gasteiger partial charge >= 0.3 is 6.18 Å². The summed E-state index contributed by atoms with van der Waals surface area (Å²) in [6, 6.07) is 15.4. The molecule has 0 saturated carbocycles. The summed E-state index contributed by atoms with van der Waals surface area (Å²) < 4.78 is 39.2. The Bertz CT molecular complexity index is 1080. The van der Waals surface area contributed by atoms with Crippen LogP contribution >= 0.6 is 0 Å². The van der Waals surface area contributed by atoms with Crippen LogP contribution in [0.3, 0.4) is 0 Å². The molecule has 2 N–H and O–H groups in total. The number of halogens is 3.